The molecule has 1 N–H and O–H groups in total. The highest BCUT2D eigenvalue weighted by molar-refractivity contribution is 6.13. The van der Waals surface area contributed by atoms with Crippen LogP contribution in [0.5, 0.6) is 0 Å². The molecule has 3 rings (SSSR count). The quantitative estimate of drug-likeness (QED) is 0.837. The van der Waals surface area contributed by atoms with Crippen molar-refractivity contribution in [3.63, 3.8) is 0 Å². The van der Waals surface area contributed by atoms with Crippen molar-refractivity contribution in [1.82, 2.24) is 5.32 Å². The van der Waals surface area contributed by atoms with Crippen LogP contribution in [0.4, 0.5) is 11.4 Å². The number of carbonyl (C=O) groups excluding carboxylic acids is 2. The summed E-state index contributed by atoms with van der Waals surface area (Å²) in [6.45, 7) is 2.93. The van der Waals surface area contributed by atoms with Crippen molar-refractivity contribution in [3.8, 4) is 0 Å². The molecule has 25 heavy (non-hydrogen) atoms. The van der Waals surface area contributed by atoms with Crippen LogP contribution in [-0.4, -0.2) is 37.3 Å². The molecule has 6 heteroatoms. The van der Waals surface area contributed by atoms with Crippen molar-refractivity contribution < 1.29 is 14.3 Å². The summed E-state index contributed by atoms with van der Waals surface area (Å²) in [6.07, 6.45) is 5.98. The Morgan fingerprint density at radius 3 is 2.84 bits per heavy atom. The molecule has 1 amide bonds. The molecular weight excluding hydrogens is 318 g/mol. The molecule has 6 nitrogen and oxygen atoms in total. The highest BCUT2D eigenvalue weighted by Crippen LogP contribution is 2.36. The first-order valence-corrected chi connectivity index (χ1v) is 8.33. The molecule has 1 unspecified atom stereocenters. The normalized spacial score (nSPS) is 17.8. The number of anilines is 1. The van der Waals surface area contributed by atoms with Crippen LogP contribution in [0.2, 0.25) is 0 Å². The molecule has 0 bridgehead atoms. The minimum absolute atomic E-state index is 0.0131. The molecular formula is C19H21N3O3. The first kappa shape index (κ1) is 17.0. The van der Waals surface area contributed by atoms with Gasteiger partial charge in [-0.15, -0.1) is 0 Å². The van der Waals surface area contributed by atoms with Crippen LogP contribution in [0, 0.1) is 0 Å². The fourth-order valence-electron chi connectivity index (χ4n) is 3.06. The van der Waals surface area contributed by atoms with Gasteiger partial charge in [0.05, 0.1) is 42.4 Å². The van der Waals surface area contributed by atoms with E-state index in [1.807, 2.05) is 30.4 Å². The fourth-order valence-corrected chi connectivity index (χ4v) is 3.06. The molecule has 0 saturated heterocycles. The third-order valence-electron chi connectivity index (χ3n) is 4.28. The number of amides is 1. The predicted octanol–water partition coefficient (Wildman–Crippen LogP) is 2.49. The number of hydrogen-bond donors (Lipinski definition) is 1. The lowest BCUT2D eigenvalue weighted by Gasteiger charge is -2.37. The summed E-state index contributed by atoms with van der Waals surface area (Å²) in [4.78, 5) is 30.4. The van der Waals surface area contributed by atoms with Gasteiger partial charge in [-0.25, -0.2) is 4.99 Å². The van der Waals surface area contributed by atoms with Crippen LogP contribution < -0.4 is 10.2 Å². The number of aliphatic imine (C=N–C) groups is 1. The molecule has 0 radical (unpaired) electrons. The van der Waals surface area contributed by atoms with Crippen molar-refractivity contribution >= 4 is 29.0 Å². The molecule has 0 spiro atoms. The van der Waals surface area contributed by atoms with Crippen LogP contribution >= 0.6 is 0 Å². The smallest absolute Gasteiger partial charge is 0.306 e. The number of nitrogens with one attached hydrogen (secondary N) is 1. The van der Waals surface area contributed by atoms with E-state index in [0.717, 1.165) is 23.6 Å². The monoisotopic (exact) mass is 339 g/mol. The number of ether oxygens (including phenoxy) is 1. The van der Waals surface area contributed by atoms with Gasteiger partial charge in [0.25, 0.3) is 0 Å². The number of fused-ring (bicyclic) bond motifs is 2. The highest BCUT2D eigenvalue weighted by Gasteiger charge is 2.31. The molecule has 1 aliphatic heterocycles. The summed E-state index contributed by atoms with van der Waals surface area (Å²) < 4.78 is 4.57. The van der Waals surface area contributed by atoms with E-state index in [4.69, 9.17) is 4.99 Å². The highest BCUT2D eigenvalue weighted by atomic mass is 16.5. The molecule has 0 saturated carbocycles. The van der Waals surface area contributed by atoms with Crippen molar-refractivity contribution in [3.05, 3.63) is 48.2 Å². The molecule has 0 aromatic heterocycles. The number of hydrogen-bond acceptors (Lipinski definition) is 5. The molecule has 2 aliphatic rings. The lowest BCUT2D eigenvalue weighted by molar-refractivity contribution is -0.142. The molecule has 1 aromatic rings. The molecule has 0 fully saturated rings. The van der Waals surface area contributed by atoms with Gasteiger partial charge in [0, 0.05) is 13.0 Å². The van der Waals surface area contributed by atoms with Gasteiger partial charge in [-0.05, 0) is 25.1 Å². The van der Waals surface area contributed by atoms with E-state index in [2.05, 4.69) is 34.0 Å². The summed E-state index contributed by atoms with van der Waals surface area (Å²) in [5.74, 6) is -0.623. The van der Waals surface area contributed by atoms with Crippen LogP contribution in [0.25, 0.3) is 0 Å². The minimum atomic E-state index is -0.397. The zero-order valence-corrected chi connectivity index (χ0v) is 14.4. The van der Waals surface area contributed by atoms with Gasteiger partial charge in [0.15, 0.2) is 0 Å². The van der Waals surface area contributed by atoms with Crippen molar-refractivity contribution in [2.45, 2.75) is 25.8 Å². The number of para-hydroxylation sites is 2. The second-order valence-corrected chi connectivity index (χ2v) is 5.81. The van der Waals surface area contributed by atoms with E-state index in [-0.39, 0.29) is 24.8 Å². The molecule has 130 valence electrons. The second kappa shape index (κ2) is 7.34. The second-order valence-electron chi connectivity index (χ2n) is 5.81. The third kappa shape index (κ3) is 3.47. The molecule has 1 heterocycles. The van der Waals surface area contributed by atoms with E-state index >= 15 is 0 Å². The largest absolute Gasteiger partial charge is 0.469 e. The lowest BCUT2D eigenvalue weighted by atomic mass is 9.97. The van der Waals surface area contributed by atoms with Gasteiger partial charge in [0.1, 0.15) is 0 Å². The maximum absolute atomic E-state index is 12.2. The van der Waals surface area contributed by atoms with Gasteiger partial charge in [0.2, 0.25) is 5.91 Å². The number of nitrogens with zero attached hydrogens (tertiary/aromatic N) is 2. The number of benzene rings is 1. The van der Waals surface area contributed by atoms with Crippen LogP contribution in [0.15, 0.2) is 53.2 Å². The number of carbonyl (C=O) groups is 2. The van der Waals surface area contributed by atoms with E-state index in [0.29, 0.717) is 5.70 Å². The van der Waals surface area contributed by atoms with E-state index < -0.39 is 5.97 Å². The van der Waals surface area contributed by atoms with Gasteiger partial charge in [-0.1, -0.05) is 24.3 Å². The SMILES string of the molecule is CCN1c2ccccc2N=C2C(NC(=O)CCC(=O)OC)=CC=CC21. The maximum atomic E-state index is 12.2. The average molecular weight is 339 g/mol. The Hall–Kier alpha value is -2.89. The summed E-state index contributed by atoms with van der Waals surface area (Å²) in [6, 6.07) is 7.96. The average Bonchev–Trinajstić information content (AvgIpc) is 2.64. The van der Waals surface area contributed by atoms with E-state index in [1.165, 1.54) is 7.11 Å². The number of methoxy groups -OCH3 is 1. The topological polar surface area (TPSA) is 71.0 Å². The third-order valence-corrected chi connectivity index (χ3v) is 4.28. The summed E-state index contributed by atoms with van der Waals surface area (Å²) in [5, 5.41) is 2.88. The molecule has 1 aliphatic carbocycles. The Balaban J connectivity index is 1.82. The Bertz CT molecular complexity index is 780. The van der Waals surface area contributed by atoms with E-state index in [9.17, 15) is 9.59 Å². The van der Waals surface area contributed by atoms with Crippen LogP contribution in [-0.2, 0) is 14.3 Å². The van der Waals surface area contributed by atoms with Crippen molar-refractivity contribution in [2.75, 3.05) is 18.6 Å². The Morgan fingerprint density at radius 1 is 1.28 bits per heavy atom. The standard InChI is InChI=1S/C19H21N3O3/c1-3-22-15-9-5-4-7-13(15)21-19-14(8-6-10-16(19)22)20-17(23)11-12-18(24)25-2/h4-10,16H,3,11-12H2,1-2H3,(H,20,23). The van der Waals surface area contributed by atoms with Gasteiger partial charge in [-0.2, -0.15) is 0 Å². The van der Waals surface area contributed by atoms with Gasteiger partial charge >= 0.3 is 5.97 Å². The Morgan fingerprint density at radius 2 is 2.08 bits per heavy atom. The van der Waals surface area contributed by atoms with Crippen molar-refractivity contribution in [2.24, 2.45) is 4.99 Å². The van der Waals surface area contributed by atoms with Gasteiger partial charge < -0.3 is 15.0 Å². The first-order chi connectivity index (χ1) is 12.1. The zero-order valence-electron chi connectivity index (χ0n) is 14.4. The summed E-state index contributed by atoms with van der Waals surface area (Å²) in [7, 11) is 1.31. The fraction of sp³-hybridized carbons (Fsp3) is 0.316. The predicted molar refractivity (Wildman–Crippen MR) is 97.0 cm³/mol. The maximum Gasteiger partial charge on any atom is 0.306 e. The van der Waals surface area contributed by atoms with Gasteiger partial charge in [-0.3, -0.25) is 9.59 Å². The number of allylic oxidation sites excluding steroid dienone is 2. The minimum Gasteiger partial charge on any atom is -0.469 e. The number of likely N-dealkylation sites (N-methyl/N-ethyl adjacent to an activating group) is 1. The van der Waals surface area contributed by atoms with Crippen LogP contribution in [0.1, 0.15) is 19.8 Å². The lowest BCUT2D eigenvalue weighted by Crippen LogP contribution is -2.46. The summed E-state index contributed by atoms with van der Waals surface area (Å²) >= 11 is 0. The van der Waals surface area contributed by atoms with E-state index in [1.54, 1.807) is 0 Å². The number of rotatable bonds is 5. The zero-order chi connectivity index (χ0) is 17.8. The van der Waals surface area contributed by atoms with Crippen LogP contribution in [0.3, 0.4) is 0 Å². The first-order valence-electron chi connectivity index (χ1n) is 8.33. The Labute approximate surface area is 146 Å². The molecule has 1 atom stereocenters. The summed E-state index contributed by atoms with van der Waals surface area (Å²) in [5.41, 5.74) is 3.46. The van der Waals surface area contributed by atoms with Crippen molar-refractivity contribution in [1.29, 1.82) is 0 Å². The Kier molecular flexibility index (Phi) is 4.97. The molecule has 1 aromatic carbocycles. The number of esters is 1.